The molecule has 0 aromatic heterocycles. The molecule has 126 valence electrons. The summed E-state index contributed by atoms with van der Waals surface area (Å²) in [5.74, 6) is 0.991. The van der Waals surface area contributed by atoms with E-state index >= 15 is 0 Å². The van der Waals surface area contributed by atoms with Crippen molar-refractivity contribution in [2.24, 2.45) is 0 Å². The minimum Gasteiger partial charge on any atom is -0.508 e. The maximum absolute atomic E-state index is 8.92. The second kappa shape index (κ2) is 11.6. The van der Waals surface area contributed by atoms with E-state index in [1.54, 1.807) is 60.7 Å². The summed E-state index contributed by atoms with van der Waals surface area (Å²) >= 11 is 0. The van der Waals surface area contributed by atoms with Gasteiger partial charge in [0, 0.05) is 0 Å². The highest BCUT2D eigenvalue weighted by Gasteiger charge is 1.89. The molecule has 0 bridgehead atoms. The predicted octanol–water partition coefficient (Wildman–Crippen LogP) is 5.13. The fourth-order valence-corrected chi connectivity index (χ4v) is 1.81. The Morgan fingerprint density at radius 3 is 1.21 bits per heavy atom. The van der Waals surface area contributed by atoms with Crippen LogP contribution in [0.4, 0.5) is 0 Å². The lowest BCUT2D eigenvalue weighted by molar-refractivity contribution is 0.474. The van der Waals surface area contributed by atoms with Gasteiger partial charge in [-0.05, 0) is 48.4 Å². The predicted molar refractivity (Wildman–Crippen MR) is 98.3 cm³/mol. The Hall–Kier alpha value is -2.94. The molecule has 0 atom stereocenters. The molecule has 3 rings (SSSR count). The Morgan fingerprint density at radius 2 is 0.917 bits per heavy atom. The fourth-order valence-electron chi connectivity index (χ4n) is 1.81. The van der Waals surface area contributed by atoms with Crippen molar-refractivity contribution in [3.63, 3.8) is 0 Å². The van der Waals surface area contributed by atoms with Gasteiger partial charge in [0.1, 0.15) is 17.2 Å². The standard InChI is InChI=1S/C9H12O.2C6H6O/c1-2-3-8-4-6-9(10)7-5-8;2*7-6-4-2-1-3-5-6/h4-7,10H,2-3H2,1H3;2*1-5,7H. The molecule has 0 fully saturated rings. The van der Waals surface area contributed by atoms with Gasteiger partial charge in [-0.3, -0.25) is 0 Å². The summed E-state index contributed by atoms with van der Waals surface area (Å²) in [4.78, 5) is 0. The van der Waals surface area contributed by atoms with E-state index in [9.17, 15) is 0 Å². The Balaban J connectivity index is 0.000000185. The van der Waals surface area contributed by atoms with Crippen LogP contribution in [0.3, 0.4) is 0 Å². The second-order valence-electron chi connectivity index (χ2n) is 5.09. The number of benzene rings is 3. The second-order valence-corrected chi connectivity index (χ2v) is 5.09. The highest BCUT2D eigenvalue weighted by Crippen LogP contribution is 2.10. The summed E-state index contributed by atoms with van der Waals surface area (Å²) in [5.41, 5.74) is 1.29. The number of phenols is 3. The van der Waals surface area contributed by atoms with Crippen LogP contribution in [0.2, 0.25) is 0 Å². The van der Waals surface area contributed by atoms with E-state index in [0.717, 1.165) is 12.8 Å². The van der Waals surface area contributed by atoms with Gasteiger partial charge in [0.05, 0.1) is 0 Å². The first-order valence-electron chi connectivity index (χ1n) is 7.87. The summed E-state index contributed by atoms with van der Waals surface area (Å²) in [6.07, 6.45) is 2.26. The summed E-state index contributed by atoms with van der Waals surface area (Å²) < 4.78 is 0. The zero-order valence-electron chi connectivity index (χ0n) is 13.8. The Kier molecular flexibility index (Phi) is 9.24. The van der Waals surface area contributed by atoms with Crippen molar-refractivity contribution in [1.82, 2.24) is 0 Å². The monoisotopic (exact) mass is 324 g/mol. The van der Waals surface area contributed by atoms with Crippen molar-refractivity contribution in [2.75, 3.05) is 0 Å². The van der Waals surface area contributed by atoms with Crippen molar-refractivity contribution in [3.05, 3.63) is 90.5 Å². The molecular formula is C21H24O3. The lowest BCUT2D eigenvalue weighted by Crippen LogP contribution is -1.79. The number of phenolic OH excluding ortho intramolecular Hbond substituents is 3. The van der Waals surface area contributed by atoms with E-state index in [-0.39, 0.29) is 0 Å². The van der Waals surface area contributed by atoms with Crippen LogP contribution >= 0.6 is 0 Å². The van der Waals surface area contributed by atoms with Crippen molar-refractivity contribution in [1.29, 1.82) is 0 Å². The van der Waals surface area contributed by atoms with E-state index < -0.39 is 0 Å². The number of rotatable bonds is 2. The molecule has 0 aliphatic carbocycles. The first kappa shape index (κ1) is 19.1. The largest absolute Gasteiger partial charge is 0.508 e. The highest BCUT2D eigenvalue weighted by atomic mass is 16.3. The van der Waals surface area contributed by atoms with Crippen LogP contribution in [-0.4, -0.2) is 15.3 Å². The van der Waals surface area contributed by atoms with Gasteiger partial charge in [-0.2, -0.15) is 0 Å². The summed E-state index contributed by atoms with van der Waals surface area (Å²) in [6, 6.07) is 24.8. The first-order chi connectivity index (χ1) is 11.6. The average molecular weight is 324 g/mol. The van der Waals surface area contributed by atoms with E-state index in [1.807, 2.05) is 24.3 Å². The summed E-state index contributed by atoms with van der Waals surface area (Å²) in [5, 5.41) is 26.2. The van der Waals surface area contributed by atoms with Crippen LogP contribution in [0.1, 0.15) is 18.9 Å². The van der Waals surface area contributed by atoms with E-state index in [4.69, 9.17) is 15.3 Å². The van der Waals surface area contributed by atoms with Crippen molar-refractivity contribution < 1.29 is 15.3 Å². The van der Waals surface area contributed by atoms with Gasteiger partial charge in [-0.25, -0.2) is 0 Å². The fraction of sp³-hybridized carbons (Fsp3) is 0.143. The molecule has 0 heterocycles. The van der Waals surface area contributed by atoms with Crippen LogP contribution in [0.5, 0.6) is 17.2 Å². The molecule has 0 spiro atoms. The Bertz CT molecular complexity index is 612. The van der Waals surface area contributed by atoms with Crippen LogP contribution in [0.25, 0.3) is 0 Å². The van der Waals surface area contributed by atoms with Gasteiger partial charge < -0.3 is 15.3 Å². The molecule has 0 radical (unpaired) electrons. The Labute approximate surface area is 143 Å². The highest BCUT2D eigenvalue weighted by molar-refractivity contribution is 5.25. The summed E-state index contributed by atoms with van der Waals surface area (Å²) in [7, 11) is 0. The molecule has 0 amide bonds. The van der Waals surface area contributed by atoms with Crippen LogP contribution < -0.4 is 0 Å². The summed E-state index contributed by atoms with van der Waals surface area (Å²) in [6.45, 7) is 2.15. The van der Waals surface area contributed by atoms with Gasteiger partial charge in [-0.1, -0.05) is 61.9 Å². The number of para-hydroxylation sites is 2. The SMILES string of the molecule is CCCc1ccc(O)cc1.Oc1ccccc1.Oc1ccccc1. The lowest BCUT2D eigenvalue weighted by atomic mass is 10.1. The zero-order chi connectivity index (χ0) is 17.6. The van der Waals surface area contributed by atoms with Gasteiger partial charge >= 0.3 is 0 Å². The molecule has 0 saturated heterocycles. The number of hydrogen-bond acceptors (Lipinski definition) is 3. The van der Waals surface area contributed by atoms with Gasteiger partial charge in [0.2, 0.25) is 0 Å². The normalized spacial score (nSPS) is 9.04. The average Bonchev–Trinajstić information content (AvgIpc) is 2.60. The van der Waals surface area contributed by atoms with Crippen LogP contribution in [0, 0.1) is 0 Å². The smallest absolute Gasteiger partial charge is 0.115 e. The minimum atomic E-state index is 0.322. The van der Waals surface area contributed by atoms with Crippen LogP contribution in [0.15, 0.2) is 84.9 Å². The molecule has 0 unspecified atom stereocenters. The Morgan fingerprint density at radius 1 is 0.542 bits per heavy atom. The molecule has 3 N–H and O–H groups in total. The van der Waals surface area contributed by atoms with Crippen molar-refractivity contribution in [3.8, 4) is 17.2 Å². The number of aromatic hydroxyl groups is 3. The topological polar surface area (TPSA) is 60.7 Å². The molecule has 3 heteroatoms. The molecule has 3 aromatic rings. The molecule has 3 nitrogen and oxygen atoms in total. The minimum absolute atomic E-state index is 0.322. The molecule has 3 aromatic carbocycles. The zero-order valence-corrected chi connectivity index (χ0v) is 13.8. The maximum Gasteiger partial charge on any atom is 0.115 e. The molecule has 0 aliphatic heterocycles. The van der Waals surface area contributed by atoms with E-state index in [2.05, 4.69) is 6.92 Å². The third-order valence-corrected chi connectivity index (χ3v) is 2.99. The third-order valence-electron chi connectivity index (χ3n) is 2.99. The van der Waals surface area contributed by atoms with Crippen molar-refractivity contribution in [2.45, 2.75) is 19.8 Å². The molecule has 24 heavy (non-hydrogen) atoms. The van der Waals surface area contributed by atoms with E-state index in [1.165, 1.54) is 5.56 Å². The van der Waals surface area contributed by atoms with Gasteiger partial charge in [0.15, 0.2) is 0 Å². The quantitative estimate of drug-likeness (QED) is 0.612. The van der Waals surface area contributed by atoms with E-state index in [0.29, 0.717) is 17.2 Å². The van der Waals surface area contributed by atoms with Crippen LogP contribution in [-0.2, 0) is 6.42 Å². The van der Waals surface area contributed by atoms with Gasteiger partial charge in [-0.15, -0.1) is 0 Å². The number of hydrogen-bond donors (Lipinski definition) is 3. The third kappa shape index (κ3) is 9.15. The maximum atomic E-state index is 8.92. The molecular weight excluding hydrogens is 300 g/mol. The lowest BCUT2D eigenvalue weighted by Gasteiger charge is -1.96. The number of aryl methyl sites for hydroxylation is 1. The van der Waals surface area contributed by atoms with Gasteiger partial charge in [0.25, 0.3) is 0 Å². The molecule has 0 aliphatic rings. The molecule has 0 saturated carbocycles. The first-order valence-corrected chi connectivity index (χ1v) is 7.87. The van der Waals surface area contributed by atoms with Crippen molar-refractivity contribution >= 4 is 0 Å².